The van der Waals surface area contributed by atoms with E-state index in [0.717, 1.165) is 32.0 Å². The van der Waals surface area contributed by atoms with Gasteiger partial charge in [0.05, 0.1) is 16.7 Å². The molecule has 1 fully saturated rings. The SMILES string of the molecule is CN1CCCC(Nc2ccc([N+](=O)[O-])cc2F)C1. The van der Waals surface area contributed by atoms with Gasteiger partial charge in [0, 0.05) is 18.7 Å². The molecule has 0 aliphatic carbocycles. The van der Waals surface area contributed by atoms with E-state index in [1.807, 2.05) is 7.05 Å². The van der Waals surface area contributed by atoms with Crippen LogP contribution in [-0.2, 0) is 0 Å². The largest absolute Gasteiger partial charge is 0.379 e. The van der Waals surface area contributed by atoms with E-state index in [1.54, 1.807) is 0 Å². The molecule has 0 radical (unpaired) electrons. The Bertz CT molecular complexity index is 453. The number of hydrogen-bond donors (Lipinski definition) is 1. The number of rotatable bonds is 3. The van der Waals surface area contributed by atoms with Crippen molar-refractivity contribution in [2.75, 3.05) is 25.5 Å². The van der Waals surface area contributed by atoms with Crippen molar-refractivity contribution >= 4 is 11.4 Å². The summed E-state index contributed by atoms with van der Waals surface area (Å²) < 4.78 is 13.7. The lowest BCUT2D eigenvalue weighted by atomic mass is 10.1. The van der Waals surface area contributed by atoms with Gasteiger partial charge in [-0.2, -0.15) is 0 Å². The van der Waals surface area contributed by atoms with E-state index >= 15 is 0 Å². The molecule has 2 rings (SSSR count). The zero-order valence-corrected chi connectivity index (χ0v) is 10.2. The van der Waals surface area contributed by atoms with Crippen molar-refractivity contribution in [1.29, 1.82) is 0 Å². The molecule has 0 saturated carbocycles. The molecule has 0 aromatic heterocycles. The molecule has 98 valence electrons. The number of nitro benzene ring substituents is 1. The quantitative estimate of drug-likeness (QED) is 0.663. The molecule has 6 heteroatoms. The van der Waals surface area contributed by atoms with E-state index in [0.29, 0.717) is 5.69 Å². The molecule has 1 aliphatic heterocycles. The predicted molar refractivity (Wildman–Crippen MR) is 67.2 cm³/mol. The molecule has 5 nitrogen and oxygen atoms in total. The van der Waals surface area contributed by atoms with Crippen LogP contribution in [0.3, 0.4) is 0 Å². The number of likely N-dealkylation sites (tertiary alicyclic amines) is 1. The highest BCUT2D eigenvalue weighted by Gasteiger charge is 2.19. The van der Waals surface area contributed by atoms with E-state index in [-0.39, 0.29) is 11.7 Å². The summed E-state index contributed by atoms with van der Waals surface area (Å²) in [6.45, 7) is 1.91. The number of halogens is 1. The zero-order chi connectivity index (χ0) is 13.1. The molecule has 1 unspecified atom stereocenters. The Morgan fingerprint density at radius 3 is 2.94 bits per heavy atom. The minimum absolute atomic E-state index is 0.194. The standard InChI is InChI=1S/C12H16FN3O2/c1-15-6-2-3-9(8-15)14-12-5-4-10(16(17)18)7-11(12)13/h4-5,7,9,14H,2-3,6,8H2,1H3. The van der Waals surface area contributed by atoms with Crippen LogP contribution in [0.2, 0.25) is 0 Å². The summed E-state index contributed by atoms with van der Waals surface area (Å²) in [7, 11) is 2.03. The molecule has 0 amide bonds. The van der Waals surface area contributed by atoms with Crippen molar-refractivity contribution in [3.8, 4) is 0 Å². The zero-order valence-electron chi connectivity index (χ0n) is 10.2. The number of nitro groups is 1. The van der Waals surface area contributed by atoms with Gasteiger partial charge in [0.15, 0.2) is 5.82 Å². The van der Waals surface area contributed by atoms with Gasteiger partial charge in [-0.3, -0.25) is 10.1 Å². The number of nitrogens with zero attached hydrogens (tertiary/aromatic N) is 2. The molecular weight excluding hydrogens is 237 g/mol. The van der Waals surface area contributed by atoms with Gasteiger partial charge in [-0.15, -0.1) is 0 Å². The van der Waals surface area contributed by atoms with E-state index in [2.05, 4.69) is 10.2 Å². The molecule has 1 aromatic carbocycles. The minimum atomic E-state index is -0.596. The molecule has 1 heterocycles. The number of anilines is 1. The van der Waals surface area contributed by atoms with Gasteiger partial charge in [-0.1, -0.05) is 0 Å². The van der Waals surface area contributed by atoms with Crippen LogP contribution in [-0.4, -0.2) is 36.0 Å². The highest BCUT2D eigenvalue weighted by molar-refractivity contribution is 5.50. The Kier molecular flexibility index (Phi) is 3.76. The molecular formula is C12H16FN3O2. The van der Waals surface area contributed by atoms with Crippen molar-refractivity contribution in [2.24, 2.45) is 0 Å². The molecule has 1 N–H and O–H groups in total. The molecule has 1 aromatic rings. The normalized spacial score (nSPS) is 20.7. The Balaban J connectivity index is 2.07. The van der Waals surface area contributed by atoms with Crippen LogP contribution in [0.5, 0.6) is 0 Å². The number of likely N-dealkylation sites (N-methyl/N-ethyl adjacent to an activating group) is 1. The van der Waals surface area contributed by atoms with Crippen LogP contribution in [0.4, 0.5) is 15.8 Å². The van der Waals surface area contributed by atoms with Gasteiger partial charge in [-0.05, 0) is 32.5 Å². The third-order valence-electron chi connectivity index (χ3n) is 3.15. The summed E-state index contributed by atoms with van der Waals surface area (Å²) in [6, 6.07) is 3.90. The van der Waals surface area contributed by atoms with Crippen molar-refractivity contribution in [3.63, 3.8) is 0 Å². The molecule has 0 bridgehead atoms. The van der Waals surface area contributed by atoms with Crippen molar-refractivity contribution in [1.82, 2.24) is 4.90 Å². The van der Waals surface area contributed by atoms with Crippen LogP contribution in [0.1, 0.15) is 12.8 Å². The summed E-state index contributed by atoms with van der Waals surface area (Å²) in [6.07, 6.45) is 2.06. The van der Waals surface area contributed by atoms with Crippen molar-refractivity contribution in [3.05, 3.63) is 34.1 Å². The van der Waals surface area contributed by atoms with Gasteiger partial charge >= 0.3 is 0 Å². The molecule has 0 spiro atoms. The summed E-state index contributed by atoms with van der Waals surface area (Å²) in [5, 5.41) is 13.6. The number of hydrogen-bond acceptors (Lipinski definition) is 4. The first-order valence-electron chi connectivity index (χ1n) is 5.95. The van der Waals surface area contributed by atoms with Crippen LogP contribution in [0.25, 0.3) is 0 Å². The fourth-order valence-corrected chi connectivity index (χ4v) is 2.24. The summed E-state index contributed by atoms with van der Waals surface area (Å²) >= 11 is 0. The van der Waals surface area contributed by atoms with Crippen LogP contribution < -0.4 is 5.32 Å². The number of nitrogens with one attached hydrogen (secondary N) is 1. The fraction of sp³-hybridized carbons (Fsp3) is 0.500. The van der Waals surface area contributed by atoms with Gasteiger partial charge in [0.1, 0.15) is 0 Å². The maximum atomic E-state index is 13.7. The minimum Gasteiger partial charge on any atom is -0.379 e. The lowest BCUT2D eigenvalue weighted by Crippen LogP contribution is -2.39. The summed E-state index contributed by atoms with van der Waals surface area (Å²) in [5.74, 6) is -0.572. The number of non-ortho nitro benzene ring substituents is 1. The summed E-state index contributed by atoms with van der Waals surface area (Å²) in [5.41, 5.74) is 0.111. The molecule has 1 atom stereocenters. The molecule has 1 saturated heterocycles. The van der Waals surface area contributed by atoms with Gasteiger partial charge in [-0.25, -0.2) is 4.39 Å². The third kappa shape index (κ3) is 2.95. The first kappa shape index (κ1) is 12.8. The van der Waals surface area contributed by atoms with E-state index in [1.165, 1.54) is 12.1 Å². The highest BCUT2D eigenvalue weighted by Crippen LogP contribution is 2.22. The van der Waals surface area contributed by atoms with E-state index < -0.39 is 10.7 Å². The average molecular weight is 253 g/mol. The lowest BCUT2D eigenvalue weighted by molar-refractivity contribution is -0.385. The second-order valence-electron chi connectivity index (χ2n) is 4.67. The van der Waals surface area contributed by atoms with E-state index in [9.17, 15) is 14.5 Å². The number of benzene rings is 1. The maximum absolute atomic E-state index is 13.7. The summed E-state index contributed by atoms with van der Waals surface area (Å²) in [4.78, 5) is 12.1. The first-order chi connectivity index (χ1) is 8.56. The van der Waals surface area contributed by atoms with Gasteiger partial charge < -0.3 is 10.2 Å². The smallest absolute Gasteiger partial charge is 0.272 e. The van der Waals surface area contributed by atoms with Crippen molar-refractivity contribution in [2.45, 2.75) is 18.9 Å². The lowest BCUT2D eigenvalue weighted by Gasteiger charge is -2.30. The molecule has 1 aliphatic rings. The Labute approximate surface area is 105 Å². The second kappa shape index (κ2) is 5.30. The van der Waals surface area contributed by atoms with Crippen LogP contribution >= 0.6 is 0 Å². The van der Waals surface area contributed by atoms with Crippen LogP contribution in [0.15, 0.2) is 18.2 Å². The van der Waals surface area contributed by atoms with Crippen molar-refractivity contribution < 1.29 is 9.31 Å². The Hall–Kier alpha value is -1.69. The first-order valence-corrected chi connectivity index (χ1v) is 5.95. The van der Waals surface area contributed by atoms with Gasteiger partial charge in [0.2, 0.25) is 0 Å². The topological polar surface area (TPSA) is 58.4 Å². The third-order valence-corrected chi connectivity index (χ3v) is 3.15. The van der Waals surface area contributed by atoms with E-state index in [4.69, 9.17) is 0 Å². The van der Waals surface area contributed by atoms with Gasteiger partial charge in [0.25, 0.3) is 5.69 Å². The van der Waals surface area contributed by atoms with Crippen LogP contribution in [0, 0.1) is 15.9 Å². The monoisotopic (exact) mass is 253 g/mol. The fourth-order valence-electron chi connectivity index (χ4n) is 2.24. The molecule has 18 heavy (non-hydrogen) atoms. The predicted octanol–water partition coefficient (Wildman–Crippen LogP) is 2.24. The highest BCUT2D eigenvalue weighted by atomic mass is 19.1. The maximum Gasteiger partial charge on any atom is 0.272 e. The number of piperidine rings is 1. The second-order valence-corrected chi connectivity index (χ2v) is 4.67. The average Bonchev–Trinajstić information content (AvgIpc) is 2.31. The Morgan fingerprint density at radius 2 is 2.33 bits per heavy atom. The Morgan fingerprint density at radius 1 is 1.56 bits per heavy atom.